The van der Waals surface area contributed by atoms with Crippen LogP contribution in [0, 0.1) is 0 Å². The predicted molar refractivity (Wildman–Crippen MR) is 65.8 cm³/mol. The lowest BCUT2D eigenvalue weighted by molar-refractivity contribution is 0.0950. The molecule has 2 N–H and O–H groups in total. The molecule has 2 heterocycles. The van der Waals surface area contributed by atoms with Crippen molar-refractivity contribution in [1.29, 1.82) is 0 Å². The van der Waals surface area contributed by atoms with Crippen molar-refractivity contribution in [1.82, 2.24) is 15.6 Å². The fraction of sp³-hybridized carbons (Fsp3) is 0.455. The van der Waals surface area contributed by atoms with Crippen molar-refractivity contribution in [3.63, 3.8) is 0 Å². The van der Waals surface area contributed by atoms with Crippen molar-refractivity contribution in [2.45, 2.75) is 17.7 Å². The number of hydrogen-bond acceptors (Lipinski definition) is 4. The molecule has 1 aromatic rings. The zero-order chi connectivity index (χ0) is 11.4. The summed E-state index contributed by atoms with van der Waals surface area (Å²) in [4.78, 5) is 15.6. The molecule has 0 bridgehead atoms. The molecule has 0 aliphatic carbocycles. The molecular formula is C11H15N3OS. The van der Waals surface area contributed by atoms with Gasteiger partial charge in [0.15, 0.2) is 0 Å². The van der Waals surface area contributed by atoms with Gasteiger partial charge in [0.05, 0.1) is 5.56 Å². The van der Waals surface area contributed by atoms with Gasteiger partial charge in [0.1, 0.15) is 0 Å². The Kier molecular flexibility index (Phi) is 3.79. The van der Waals surface area contributed by atoms with Crippen LogP contribution in [-0.4, -0.2) is 35.3 Å². The molecule has 1 aliphatic rings. The molecule has 0 aromatic carbocycles. The molecule has 16 heavy (non-hydrogen) atoms. The summed E-state index contributed by atoms with van der Waals surface area (Å²) in [5.41, 5.74) is 0.594. The first kappa shape index (κ1) is 11.4. The van der Waals surface area contributed by atoms with E-state index in [0.717, 1.165) is 13.0 Å². The maximum Gasteiger partial charge on any atom is 0.252 e. The van der Waals surface area contributed by atoms with E-state index in [0.29, 0.717) is 17.4 Å². The Morgan fingerprint density at radius 1 is 1.69 bits per heavy atom. The molecule has 2 atom stereocenters. The molecule has 1 saturated heterocycles. The molecule has 0 radical (unpaired) electrons. The van der Waals surface area contributed by atoms with Gasteiger partial charge in [0, 0.05) is 30.2 Å². The number of amides is 1. The summed E-state index contributed by atoms with van der Waals surface area (Å²) in [5, 5.41) is 6.52. The van der Waals surface area contributed by atoms with Crippen molar-refractivity contribution in [2.24, 2.45) is 0 Å². The molecule has 1 aliphatic heterocycles. The summed E-state index contributed by atoms with van der Waals surface area (Å²) in [6, 6.07) is 3.77. The van der Waals surface area contributed by atoms with E-state index in [9.17, 15) is 4.79 Å². The van der Waals surface area contributed by atoms with Crippen LogP contribution in [0.15, 0.2) is 24.5 Å². The van der Waals surface area contributed by atoms with Crippen LogP contribution in [0.5, 0.6) is 0 Å². The fourth-order valence-corrected chi connectivity index (χ4v) is 2.10. The molecular weight excluding hydrogens is 222 g/mol. The van der Waals surface area contributed by atoms with Crippen LogP contribution in [0.2, 0.25) is 0 Å². The summed E-state index contributed by atoms with van der Waals surface area (Å²) in [6.45, 7) is 1.59. The Morgan fingerprint density at radius 2 is 2.56 bits per heavy atom. The maximum atomic E-state index is 11.7. The summed E-state index contributed by atoms with van der Waals surface area (Å²) < 4.78 is 0. The number of pyridine rings is 1. The number of rotatable bonds is 3. The number of nitrogens with one attached hydrogen (secondary N) is 2. The highest BCUT2D eigenvalue weighted by Crippen LogP contribution is 2.12. The van der Waals surface area contributed by atoms with Crippen molar-refractivity contribution >= 4 is 18.5 Å². The van der Waals surface area contributed by atoms with E-state index in [1.807, 2.05) is 0 Å². The molecule has 1 amide bonds. The summed E-state index contributed by atoms with van der Waals surface area (Å²) in [6.07, 6.45) is 4.27. The third-order valence-corrected chi connectivity index (χ3v) is 3.34. The van der Waals surface area contributed by atoms with Crippen LogP contribution in [0.3, 0.4) is 0 Å². The lowest BCUT2D eigenvalue weighted by Gasteiger charge is -2.15. The Labute approximate surface area is 100 Å². The zero-order valence-corrected chi connectivity index (χ0v) is 9.78. The highest BCUT2D eigenvalue weighted by molar-refractivity contribution is 7.81. The minimum absolute atomic E-state index is 0.0812. The molecule has 1 fully saturated rings. The lowest BCUT2D eigenvalue weighted by atomic mass is 10.2. The van der Waals surface area contributed by atoms with Crippen LogP contribution in [0.1, 0.15) is 16.8 Å². The van der Waals surface area contributed by atoms with Crippen LogP contribution in [-0.2, 0) is 0 Å². The summed E-state index contributed by atoms with van der Waals surface area (Å²) in [7, 11) is 0. The molecule has 5 heteroatoms. The summed E-state index contributed by atoms with van der Waals surface area (Å²) >= 11 is 4.45. The van der Waals surface area contributed by atoms with Gasteiger partial charge < -0.3 is 10.6 Å². The van der Waals surface area contributed by atoms with Crippen molar-refractivity contribution < 1.29 is 4.79 Å². The zero-order valence-electron chi connectivity index (χ0n) is 8.89. The Bertz CT molecular complexity index is 358. The highest BCUT2D eigenvalue weighted by Gasteiger charge is 2.23. The van der Waals surface area contributed by atoms with E-state index in [-0.39, 0.29) is 11.9 Å². The highest BCUT2D eigenvalue weighted by atomic mass is 32.1. The number of thiol groups is 1. The van der Waals surface area contributed by atoms with E-state index in [1.54, 1.807) is 24.5 Å². The van der Waals surface area contributed by atoms with Crippen LogP contribution in [0.4, 0.5) is 0 Å². The Morgan fingerprint density at radius 3 is 3.19 bits per heavy atom. The second-order valence-corrected chi connectivity index (χ2v) is 4.53. The van der Waals surface area contributed by atoms with Gasteiger partial charge in [-0.05, 0) is 25.1 Å². The molecule has 1 aromatic heterocycles. The van der Waals surface area contributed by atoms with E-state index in [1.165, 1.54) is 0 Å². The monoisotopic (exact) mass is 237 g/mol. The average Bonchev–Trinajstić information content (AvgIpc) is 2.73. The smallest absolute Gasteiger partial charge is 0.252 e. The van der Waals surface area contributed by atoms with E-state index < -0.39 is 0 Å². The average molecular weight is 237 g/mol. The number of aromatic nitrogens is 1. The molecule has 0 spiro atoms. The first-order chi connectivity index (χ1) is 7.77. The predicted octanol–water partition coefficient (Wildman–Crippen LogP) is 0.472. The fourth-order valence-electron chi connectivity index (χ4n) is 1.76. The van der Waals surface area contributed by atoms with Crippen molar-refractivity contribution in [2.75, 3.05) is 13.1 Å². The quantitative estimate of drug-likeness (QED) is 0.670. The normalized spacial score (nSPS) is 24.3. The van der Waals surface area contributed by atoms with Gasteiger partial charge in [-0.2, -0.15) is 12.6 Å². The van der Waals surface area contributed by atoms with Crippen LogP contribution in [0.25, 0.3) is 0 Å². The van der Waals surface area contributed by atoms with Gasteiger partial charge in [-0.15, -0.1) is 0 Å². The Balaban J connectivity index is 1.84. The second kappa shape index (κ2) is 5.32. The molecule has 86 valence electrons. The number of hydrogen-bond donors (Lipinski definition) is 3. The maximum absolute atomic E-state index is 11.7. The minimum Gasteiger partial charge on any atom is -0.350 e. The minimum atomic E-state index is -0.0812. The van der Waals surface area contributed by atoms with Crippen LogP contribution < -0.4 is 10.6 Å². The summed E-state index contributed by atoms with van der Waals surface area (Å²) in [5.74, 6) is -0.0812. The lowest BCUT2D eigenvalue weighted by Crippen LogP contribution is -2.40. The van der Waals surface area contributed by atoms with Crippen molar-refractivity contribution in [3.8, 4) is 0 Å². The van der Waals surface area contributed by atoms with E-state index in [4.69, 9.17) is 0 Å². The van der Waals surface area contributed by atoms with Gasteiger partial charge in [-0.3, -0.25) is 9.78 Å². The van der Waals surface area contributed by atoms with E-state index >= 15 is 0 Å². The number of nitrogens with zero attached hydrogens (tertiary/aromatic N) is 1. The van der Waals surface area contributed by atoms with Gasteiger partial charge >= 0.3 is 0 Å². The first-order valence-corrected chi connectivity index (χ1v) is 5.88. The van der Waals surface area contributed by atoms with E-state index in [2.05, 4.69) is 28.2 Å². The molecule has 2 rings (SSSR count). The third-order valence-electron chi connectivity index (χ3n) is 2.72. The number of carbonyl (C=O) groups excluding carboxylic acids is 1. The van der Waals surface area contributed by atoms with Crippen molar-refractivity contribution in [3.05, 3.63) is 30.1 Å². The molecule has 4 nitrogen and oxygen atoms in total. The largest absolute Gasteiger partial charge is 0.350 e. The third kappa shape index (κ3) is 2.74. The van der Waals surface area contributed by atoms with Gasteiger partial charge in [-0.25, -0.2) is 0 Å². The number of carbonyl (C=O) groups is 1. The topological polar surface area (TPSA) is 54.0 Å². The van der Waals surface area contributed by atoms with Crippen LogP contribution >= 0.6 is 12.6 Å². The van der Waals surface area contributed by atoms with Gasteiger partial charge in [-0.1, -0.05) is 0 Å². The molecule has 0 unspecified atom stereocenters. The molecule has 0 saturated carbocycles. The SMILES string of the molecule is O=C(NC[C@@H]1NCC[C@@H]1S)c1cccnc1. The standard InChI is InChI=1S/C11H15N3OS/c15-11(8-2-1-4-12-6-8)14-7-9-10(16)3-5-13-9/h1-2,4,6,9-10,13,16H,3,5,7H2,(H,14,15)/t9-,10-/m0/s1. The van der Waals surface area contributed by atoms with Gasteiger partial charge in [0.2, 0.25) is 0 Å². The second-order valence-electron chi connectivity index (χ2n) is 3.87. The first-order valence-electron chi connectivity index (χ1n) is 5.37. The Hall–Kier alpha value is -1.07. The van der Waals surface area contributed by atoms with Gasteiger partial charge in [0.25, 0.3) is 5.91 Å².